The van der Waals surface area contributed by atoms with E-state index < -0.39 is 5.97 Å². The molecule has 17 heavy (non-hydrogen) atoms. The number of carboxylic acids is 1. The number of carboxylic acid groups (broad SMARTS) is 1. The minimum Gasteiger partial charge on any atom is -0.475 e. The number of aromatic carboxylic acids is 1. The lowest BCUT2D eigenvalue weighted by molar-refractivity contribution is 0.0663. The maximum atomic E-state index is 10.7. The highest BCUT2D eigenvalue weighted by atomic mass is 32.1. The van der Waals surface area contributed by atoms with Gasteiger partial charge in [-0.25, -0.2) is 4.79 Å². The van der Waals surface area contributed by atoms with Crippen LogP contribution >= 0.6 is 11.3 Å². The van der Waals surface area contributed by atoms with Crippen LogP contribution in [0, 0.1) is 0 Å². The van der Waals surface area contributed by atoms with Crippen molar-refractivity contribution < 1.29 is 14.3 Å². The molecule has 88 valence electrons. The third-order valence-electron chi connectivity index (χ3n) is 2.92. The van der Waals surface area contributed by atoms with Crippen molar-refractivity contribution in [2.75, 3.05) is 11.4 Å². The maximum Gasteiger partial charge on any atom is 0.371 e. The van der Waals surface area contributed by atoms with Gasteiger partial charge in [0.25, 0.3) is 0 Å². The van der Waals surface area contributed by atoms with E-state index in [2.05, 4.69) is 16.3 Å². The van der Waals surface area contributed by atoms with Gasteiger partial charge in [-0.2, -0.15) is 0 Å². The SMILES string of the molecule is O=C(O)c1ccc(N2CCc3sccc3C2)o1. The first-order chi connectivity index (χ1) is 8.24. The summed E-state index contributed by atoms with van der Waals surface area (Å²) in [7, 11) is 0. The number of hydrogen-bond donors (Lipinski definition) is 1. The van der Waals surface area contributed by atoms with Crippen molar-refractivity contribution in [3.8, 4) is 0 Å². The second-order valence-corrected chi connectivity index (χ2v) is 4.98. The van der Waals surface area contributed by atoms with Crippen molar-refractivity contribution in [2.24, 2.45) is 0 Å². The van der Waals surface area contributed by atoms with E-state index in [9.17, 15) is 4.79 Å². The van der Waals surface area contributed by atoms with Crippen molar-refractivity contribution in [1.82, 2.24) is 0 Å². The van der Waals surface area contributed by atoms with E-state index >= 15 is 0 Å². The summed E-state index contributed by atoms with van der Waals surface area (Å²) in [4.78, 5) is 14.2. The van der Waals surface area contributed by atoms with E-state index in [-0.39, 0.29) is 5.76 Å². The molecule has 0 amide bonds. The van der Waals surface area contributed by atoms with Crippen molar-refractivity contribution in [3.63, 3.8) is 0 Å². The molecule has 1 aliphatic heterocycles. The van der Waals surface area contributed by atoms with E-state index in [4.69, 9.17) is 9.52 Å². The molecule has 2 aromatic rings. The van der Waals surface area contributed by atoms with Gasteiger partial charge in [-0.3, -0.25) is 0 Å². The first kappa shape index (κ1) is 10.4. The minimum atomic E-state index is -1.02. The zero-order valence-electron chi connectivity index (χ0n) is 9.05. The summed E-state index contributed by atoms with van der Waals surface area (Å²) in [5.74, 6) is -0.389. The number of thiophene rings is 1. The molecule has 0 spiro atoms. The zero-order valence-corrected chi connectivity index (χ0v) is 9.87. The van der Waals surface area contributed by atoms with Crippen LogP contribution in [0.4, 0.5) is 5.88 Å². The number of anilines is 1. The fourth-order valence-corrected chi connectivity index (χ4v) is 2.94. The molecular formula is C12H11NO3S. The summed E-state index contributed by atoms with van der Waals surface area (Å²) < 4.78 is 5.31. The Kier molecular flexibility index (Phi) is 2.40. The largest absolute Gasteiger partial charge is 0.475 e. The van der Waals surface area contributed by atoms with Crippen LogP contribution in [-0.2, 0) is 13.0 Å². The number of fused-ring (bicyclic) bond motifs is 1. The molecule has 0 bridgehead atoms. The number of carbonyl (C=O) groups is 1. The Morgan fingerprint density at radius 2 is 2.29 bits per heavy atom. The third kappa shape index (κ3) is 1.82. The van der Waals surface area contributed by atoms with Crippen LogP contribution in [0.25, 0.3) is 0 Å². The Hall–Kier alpha value is -1.75. The van der Waals surface area contributed by atoms with E-state index in [0.29, 0.717) is 5.88 Å². The van der Waals surface area contributed by atoms with Crippen LogP contribution < -0.4 is 4.90 Å². The smallest absolute Gasteiger partial charge is 0.371 e. The second-order valence-electron chi connectivity index (χ2n) is 3.98. The van der Waals surface area contributed by atoms with Gasteiger partial charge < -0.3 is 14.4 Å². The first-order valence-electron chi connectivity index (χ1n) is 5.37. The fourth-order valence-electron chi connectivity index (χ4n) is 2.05. The van der Waals surface area contributed by atoms with Gasteiger partial charge in [0, 0.05) is 24.0 Å². The fraction of sp³-hybridized carbons (Fsp3) is 0.250. The lowest BCUT2D eigenvalue weighted by Gasteiger charge is -2.26. The molecule has 0 fully saturated rings. The molecule has 0 aromatic carbocycles. The van der Waals surface area contributed by atoms with E-state index in [1.54, 1.807) is 17.4 Å². The van der Waals surface area contributed by atoms with Gasteiger partial charge in [-0.15, -0.1) is 11.3 Å². The summed E-state index contributed by atoms with van der Waals surface area (Å²) in [6, 6.07) is 5.34. The Balaban J connectivity index is 1.84. The highest BCUT2D eigenvalue weighted by Gasteiger charge is 2.20. The van der Waals surface area contributed by atoms with Gasteiger partial charge in [0.1, 0.15) is 0 Å². The van der Waals surface area contributed by atoms with Crippen LogP contribution in [0.3, 0.4) is 0 Å². The maximum absolute atomic E-state index is 10.7. The van der Waals surface area contributed by atoms with Crippen molar-refractivity contribution in [3.05, 3.63) is 39.8 Å². The molecule has 1 aliphatic rings. The molecule has 1 N–H and O–H groups in total. The standard InChI is InChI=1S/C12H11NO3S/c14-12(15)9-1-2-11(16-9)13-5-3-10-8(7-13)4-6-17-10/h1-2,4,6H,3,5,7H2,(H,14,15). The van der Waals surface area contributed by atoms with Crippen molar-refractivity contribution in [1.29, 1.82) is 0 Å². The summed E-state index contributed by atoms with van der Waals surface area (Å²) >= 11 is 1.78. The Labute approximate surface area is 102 Å². The third-order valence-corrected chi connectivity index (χ3v) is 3.94. The molecule has 0 unspecified atom stereocenters. The highest BCUT2D eigenvalue weighted by molar-refractivity contribution is 7.10. The van der Waals surface area contributed by atoms with Crippen LogP contribution in [-0.4, -0.2) is 17.6 Å². The lowest BCUT2D eigenvalue weighted by Crippen LogP contribution is -2.28. The molecule has 3 rings (SSSR count). The van der Waals surface area contributed by atoms with Crippen LogP contribution in [0.15, 0.2) is 28.0 Å². The van der Waals surface area contributed by atoms with Crippen molar-refractivity contribution >= 4 is 23.2 Å². The molecule has 0 radical (unpaired) electrons. The molecular weight excluding hydrogens is 238 g/mol. The Morgan fingerprint density at radius 3 is 3.06 bits per heavy atom. The predicted molar refractivity (Wildman–Crippen MR) is 64.7 cm³/mol. The van der Waals surface area contributed by atoms with E-state index in [0.717, 1.165) is 19.5 Å². The van der Waals surface area contributed by atoms with E-state index in [1.807, 2.05) is 0 Å². The Bertz CT molecular complexity index is 558. The quantitative estimate of drug-likeness (QED) is 0.888. The Morgan fingerprint density at radius 1 is 1.41 bits per heavy atom. The lowest BCUT2D eigenvalue weighted by atomic mass is 10.1. The van der Waals surface area contributed by atoms with Gasteiger partial charge in [-0.1, -0.05) is 0 Å². The normalized spacial score (nSPS) is 14.7. The molecule has 2 aromatic heterocycles. The molecule has 0 saturated carbocycles. The van der Waals surface area contributed by atoms with Crippen molar-refractivity contribution in [2.45, 2.75) is 13.0 Å². The number of furan rings is 1. The van der Waals surface area contributed by atoms with Crippen LogP contribution in [0.2, 0.25) is 0 Å². The first-order valence-corrected chi connectivity index (χ1v) is 6.25. The second kappa shape index (κ2) is 3.92. The van der Waals surface area contributed by atoms with Gasteiger partial charge in [0.2, 0.25) is 5.76 Å². The van der Waals surface area contributed by atoms with Gasteiger partial charge >= 0.3 is 5.97 Å². The van der Waals surface area contributed by atoms with Gasteiger partial charge in [0.15, 0.2) is 5.88 Å². The van der Waals surface area contributed by atoms with E-state index in [1.165, 1.54) is 16.5 Å². The number of hydrogen-bond acceptors (Lipinski definition) is 4. The van der Waals surface area contributed by atoms with Gasteiger partial charge in [-0.05, 0) is 29.5 Å². The average molecular weight is 249 g/mol. The monoisotopic (exact) mass is 249 g/mol. The number of rotatable bonds is 2. The molecule has 3 heterocycles. The molecule has 5 heteroatoms. The topological polar surface area (TPSA) is 53.7 Å². The summed E-state index contributed by atoms with van der Waals surface area (Å²) in [5.41, 5.74) is 1.31. The molecule has 0 atom stereocenters. The average Bonchev–Trinajstić information content (AvgIpc) is 2.97. The summed E-state index contributed by atoms with van der Waals surface area (Å²) in [6.07, 6.45) is 0.996. The van der Waals surface area contributed by atoms with Crippen LogP contribution in [0.5, 0.6) is 0 Å². The summed E-state index contributed by atoms with van der Waals surface area (Å²) in [6.45, 7) is 1.67. The zero-order chi connectivity index (χ0) is 11.8. The summed E-state index contributed by atoms with van der Waals surface area (Å²) in [5, 5.41) is 10.9. The van der Waals surface area contributed by atoms with Gasteiger partial charge in [0.05, 0.1) is 0 Å². The van der Waals surface area contributed by atoms with Crippen LogP contribution in [0.1, 0.15) is 21.0 Å². The molecule has 0 saturated heterocycles. The molecule has 4 nitrogen and oxygen atoms in total. The number of nitrogens with zero attached hydrogens (tertiary/aromatic N) is 1. The highest BCUT2D eigenvalue weighted by Crippen LogP contribution is 2.28. The molecule has 0 aliphatic carbocycles. The predicted octanol–water partition coefficient (Wildman–Crippen LogP) is 2.60. The minimum absolute atomic E-state index is 0.00360.